The third kappa shape index (κ3) is 5.20. The number of non-ortho nitro benzene ring substituents is 1. The maximum atomic E-state index is 13.1. The number of anilines is 1. The number of ether oxygens (including phenoxy) is 1. The van der Waals surface area contributed by atoms with E-state index in [1.807, 2.05) is 0 Å². The molecule has 1 fully saturated rings. The minimum Gasteiger partial charge on any atom is -0.508 e. The van der Waals surface area contributed by atoms with Gasteiger partial charge in [-0.25, -0.2) is 9.69 Å². The standard InChI is InChI=1S/C24H16BrN3O7/c25-16-3-10-21(35-13-14-1-4-18(5-2-14)28(33)34)15(11-16)12-20-22(30)26-24(32)27(23(20)31)17-6-8-19(29)9-7-17/h1-12,29H,13H2,(H,26,30,32)/b20-12+. The first-order chi connectivity index (χ1) is 16.7. The van der Waals surface area contributed by atoms with Gasteiger partial charge in [0.25, 0.3) is 17.5 Å². The molecule has 11 heteroatoms. The number of phenolic OH excluding ortho intramolecular Hbond substituents is 1. The molecule has 4 amide bonds. The van der Waals surface area contributed by atoms with Gasteiger partial charge in [0.2, 0.25) is 0 Å². The summed E-state index contributed by atoms with van der Waals surface area (Å²) in [7, 11) is 0. The minimum atomic E-state index is -0.910. The number of nitro groups is 1. The van der Waals surface area contributed by atoms with Gasteiger partial charge in [0, 0.05) is 22.2 Å². The number of barbiturate groups is 1. The van der Waals surface area contributed by atoms with Gasteiger partial charge in [-0.05, 0) is 66.2 Å². The molecule has 0 radical (unpaired) electrons. The molecule has 3 aromatic carbocycles. The van der Waals surface area contributed by atoms with Gasteiger partial charge in [-0.1, -0.05) is 15.9 Å². The molecule has 0 saturated carbocycles. The molecule has 35 heavy (non-hydrogen) atoms. The summed E-state index contributed by atoms with van der Waals surface area (Å²) < 4.78 is 6.50. The van der Waals surface area contributed by atoms with Crippen LogP contribution in [0.3, 0.4) is 0 Å². The van der Waals surface area contributed by atoms with Crippen molar-refractivity contribution in [2.24, 2.45) is 0 Å². The van der Waals surface area contributed by atoms with Gasteiger partial charge >= 0.3 is 6.03 Å². The molecule has 10 nitrogen and oxygen atoms in total. The number of nitro benzene ring substituents is 1. The molecule has 0 aliphatic carbocycles. The third-order valence-electron chi connectivity index (χ3n) is 5.02. The highest BCUT2D eigenvalue weighted by atomic mass is 79.9. The highest BCUT2D eigenvalue weighted by Gasteiger charge is 2.37. The first kappa shape index (κ1) is 23.6. The average molecular weight is 538 g/mol. The molecule has 1 saturated heterocycles. The lowest BCUT2D eigenvalue weighted by Crippen LogP contribution is -2.54. The lowest BCUT2D eigenvalue weighted by molar-refractivity contribution is -0.384. The Morgan fingerprint density at radius 3 is 2.37 bits per heavy atom. The predicted molar refractivity (Wildman–Crippen MR) is 129 cm³/mol. The van der Waals surface area contributed by atoms with Gasteiger partial charge in [-0.2, -0.15) is 0 Å². The third-order valence-corrected chi connectivity index (χ3v) is 5.52. The number of hydrogen-bond donors (Lipinski definition) is 2. The van der Waals surface area contributed by atoms with E-state index in [2.05, 4.69) is 21.2 Å². The molecule has 0 aromatic heterocycles. The number of carbonyl (C=O) groups excluding carboxylic acids is 3. The van der Waals surface area contributed by atoms with Crippen LogP contribution in [0.15, 0.2) is 76.8 Å². The lowest BCUT2D eigenvalue weighted by Gasteiger charge is -2.26. The van der Waals surface area contributed by atoms with Crippen LogP contribution < -0.4 is 15.0 Å². The number of hydrogen-bond acceptors (Lipinski definition) is 7. The van der Waals surface area contributed by atoms with E-state index in [0.29, 0.717) is 21.3 Å². The lowest BCUT2D eigenvalue weighted by atomic mass is 10.1. The van der Waals surface area contributed by atoms with E-state index in [0.717, 1.165) is 4.90 Å². The summed E-state index contributed by atoms with van der Waals surface area (Å²) in [5.74, 6) is -1.41. The van der Waals surface area contributed by atoms with Crippen LogP contribution in [0.2, 0.25) is 0 Å². The van der Waals surface area contributed by atoms with Crippen molar-refractivity contribution >= 4 is 51.2 Å². The fraction of sp³-hybridized carbons (Fsp3) is 0.0417. The summed E-state index contributed by atoms with van der Waals surface area (Å²) in [6.45, 7) is 0.0774. The van der Waals surface area contributed by atoms with Crippen LogP contribution in [-0.4, -0.2) is 27.9 Å². The topological polar surface area (TPSA) is 139 Å². The predicted octanol–water partition coefficient (Wildman–Crippen LogP) is 4.31. The van der Waals surface area contributed by atoms with Gasteiger partial charge in [-0.15, -0.1) is 0 Å². The number of halogens is 1. The molecule has 0 atom stereocenters. The summed E-state index contributed by atoms with van der Waals surface area (Å²) >= 11 is 3.35. The molecule has 0 bridgehead atoms. The van der Waals surface area contributed by atoms with Crippen LogP contribution in [-0.2, 0) is 16.2 Å². The van der Waals surface area contributed by atoms with Gasteiger partial charge in [0.05, 0.1) is 10.6 Å². The van der Waals surface area contributed by atoms with E-state index in [1.54, 1.807) is 30.3 Å². The second-order valence-electron chi connectivity index (χ2n) is 7.37. The molecule has 3 aromatic rings. The van der Waals surface area contributed by atoms with Crippen LogP contribution >= 0.6 is 15.9 Å². The Bertz CT molecular complexity index is 1370. The summed E-state index contributed by atoms with van der Waals surface area (Å²) in [6, 6.07) is 15.3. The molecular weight excluding hydrogens is 522 g/mol. The van der Waals surface area contributed by atoms with Crippen molar-refractivity contribution in [1.82, 2.24) is 5.32 Å². The van der Waals surface area contributed by atoms with Crippen molar-refractivity contribution < 1.29 is 29.2 Å². The van der Waals surface area contributed by atoms with Crippen LogP contribution in [0.1, 0.15) is 11.1 Å². The number of amides is 4. The number of nitrogens with one attached hydrogen (secondary N) is 1. The molecule has 2 N–H and O–H groups in total. The van der Waals surface area contributed by atoms with Crippen LogP contribution in [0.5, 0.6) is 11.5 Å². The zero-order valence-electron chi connectivity index (χ0n) is 17.8. The summed E-state index contributed by atoms with van der Waals surface area (Å²) in [4.78, 5) is 49.1. The van der Waals surface area contributed by atoms with Crippen molar-refractivity contribution in [2.45, 2.75) is 6.61 Å². The smallest absolute Gasteiger partial charge is 0.335 e. The quantitative estimate of drug-likeness (QED) is 0.206. The van der Waals surface area contributed by atoms with Crippen molar-refractivity contribution in [3.05, 3.63) is 98.0 Å². The Kier molecular flexibility index (Phi) is 6.60. The first-order valence-corrected chi connectivity index (χ1v) is 10.9. The monoisotopic (exact) mass is 537 g/mol. The maximum Gasteiger partial charge on any atom is 0.335 e. The largest absolute Gasteiger partial charge is 0.508 e. The molecular formula is C24H16BrN3O7. The van der Waals surface area contributed by atoms with E-state index < -0.39 is 22.8 Å². The maximum absolute atomic E-state index is 13.1. The van der Waals surface area contributed by atoms with E-state index in [4.69, 9.17) is 4.74 Å². The fourth-order valence-electron chi connectivity index (χ4n) is 3.29. The normalized spacial score (nSPS) is 14.7. The van der Waals surface area contributed by atoms with Crippen molar-refractivity contribution in [2.75, 3.05) is 4.90 Å². The molecule has 0 spiro atoms. The fourth-order valence-corrected chi connectivity index (χ4v) is 3.67. The molecule has 1 heterocycles. The Balaban J connectivity index is 1.63. The van der Waals surface area contributed by atoms with Gasteiger partial charge in [-0.3, -0.25) is 25.0 Å². The number of rotatable bonds is 6. The second-order valence-corrected chi connectivity index (χ2v) is 8.28. The minimum absolute atomic E-state index is 0.0441. The highest BCUT2D eigenvalue weighted by molar-refractivity contribution is 9.10. The highest BCUT2D eigenvalue weighted by Crippen LogP contribution is 2.29. The number of phenols is 1. The Hall–Kier alpha value is -4.51. The molecule has 4 rings (SSSR count). The van der Waals surface area contributed by atoms with Crippen molar-refractivity contribution in [3.8, 4) is 11.5 Å². The van der Waals surface area contributed by atoms with Gasteiger partial charge < -0.3 is 9.84 Å². The number of urea groups is 1. The van der Waals surface area contributed by atoms with Crippen molar-refractivity contribution in [3.63, 3.8) is 0 Å². The number of carbonyl (C=O) groups is 3. The molecule has 0 unspecified atom stereocenters. The molecule has 1 aliphatic rings. The van der Waals surface area contributed by atoms with E-state index in [9.17, 15) is 29.6 Å². The summed E-state index contributed by atoms with van der Waals surface area (Å²) in [6.07, 6.45) is 1.31. The van der Waals surface area contributed by atoms with E-state index in [-0.39, 0.29) is 29.3 Å². The first-order valence-electron chi connectivity index (χ1n) is 10.1. The number of benzene rings is 3. The van der Waals surface area contributed by atoms with Crippen molar-refractivity contribution in [1.29, 1.82) is 0 Å². The summed E-state index contributed by atoms with van der Waals surface area (Å²) in [5.41, 5.74) is 0.897. The van der Waals surface area contributed by atoms with E-state index in [1.165, 1.54) is 42.5 Å². The number of imide groups is 2. The molecule has 1 aliphatic heterocycles. The van der Waals surface area contributed by atoms with Crippen LogP contribution in [0.4, 0.5) is 16.2 Å². The van der Waals surface area contributed by atoms with Gasteiger partial charge in [0.1, 0.15) is 23.7 Å². The zero-order valence-corrected chi connectivity index (χ0v) is 19.4. The second kappa shape index (κ2) is 9.77. The Labute approximate surface area is 206 Å². The Morgan fingerprint density at radius 1 is 1.03 bits per heavy atom. The molecule has 176 valence electrons. The zero-order chi connectivity index (χ0) is 25.1. The Morgan fingerprint density at radius 2 is 1.71 bits per heavy atom. The number of nitrogens with zero attached hydrogens (tertiary/aromatic N) is 2. The number of aromatic hydroxyl groups is 1. The van der Waals surface area contributed by atoms with Gasteiger partial charge in [0.15, 0.2) is 0 Å². The van der Waals surface area contributed by atoms with E-state index >= 15 is 0 Å². The summed E-state index contributed by atoms with van der Waals surface area (Å²) in [5, 5.41) is 22.5. The average Bonchev–Trinajstić information content (AvgIpc) is 2.82. The van der Waals surface area contributed by atoms with Crippen LogP contribution in [0.25, 0.3) is 6.08 Å². The van der Waals surface area contributed by atoms with Crippen LogP contribution in [0, 0.1) is 10.1 Å². The SMILES string of the molecule is O=C1NC(=O)N(c2ccc(O)cc2)C(=O)/C1=C/c1cc(Br)ccc1OCc1ccc([N+](=O)[O-])cc1.